The predicted octanol–water partition coefficient (Wildman–Crippen LogP) is 3.40. The van der Waals surface area contributed by atoms with Gasteiger partial charge in [-0.3, -0.25) is 4.79 Å². The Balaban J connectivity index is 1.55. The molecule has 1 fully saturated rings. The van der Waals surface area contributed by atoms with Crippen LogP contribution in [0.4, 0.5) is 5.69 Å². The van der Waals surface area contributed by atoms with Gasteiger partial charge in [0, 0.05) is 37.4 Å². The Hall–Kier alpha value is -2.40. The molecule has 0 unspecified atom stereocenters. The van der Waals surface area contributed by atoms with Crippen molar-refractivity contribution < 1.29 is 4.79 Å². The summed E-state index contributed by atoms with van der Waals surface area (Å²) < 4.78 is 0. The van der Waals surface area contributed by atoms with Gasteiger partial charge < -0.3 is 15.1 Å². The smallest absolute Gasteiger partial charge is 0.253 e. The Labute approximate surface area is 154 Å². The number of nitrogens with one attached hydrogen (secondary N) is 1. The van der Waals surface area contributed by atoms with Gasteiger partial charge in [0.2, 0.25) is 0 Å². The van der Waals surface area contributed by atoms with Crippen LogP contribution in [0.15, 0.2) is 54.6 Å². The summed E-state index contributed by atoms with van der Waals surface area (Å²) in [6, 6.07) is 17.8. The topological polar surface area (TPSA) is 35.6 Å². The lowest BCUT2D eigenvalue weighted by Crippen LogP contribution is -2.51. The zero-order valence-corrected chi connectivity index (χ0v) is 15.3. The average Bonchev–Trinajstić information content (AvgIpc) is 2.68. The molecule has 0 atom stereocenters. The Morgan fingerprint density at radius 1 is 1.00 bits per heavy atom. The van der Waals surface area contributed by atoms with E-state index >= 15 is 0 Å². The van der Waals surface area contributed by atoms with Gasteiger partial charge in [-0.25, -0.2) is 0 Å². The Kier molecular flexibility index (Phi) is 5.66. The first-order chi connectivity index (χ1) is 12.2. The second-order valence-electron chi connectivity index (χ2n) is 6.13. The fourth-order valence-electron chi connectivity index (χ4n) is 2.95. The van der Waals surface area contributed by atoms with E-state index in [-0.39, 0.29) is 5.91 Å². The van der Waals surface area contributed by atoms with Gasteiger partial charge in [-0.15, -0.1) is 0 Å². The van der Waals surface area contributed by atoms with Crippen molar-refractivity contribution in [2.75, 3.05) is 31.5 Å². The molecule has 130 valence electrons. The summed E-state index contributed by atoms with van der Waals surface area (Å²) in [6.07, 6.45) is 1.00. The third kappa shape index (κ3) is 4.37. The number of carbonyl (C=O) groups is 1. The zero-order chi connectivity index (χ0) is 17.6. The first-order valence-electron chi connectivity index (χ1n) is 8.66. The number of anilines is 1. The normalized spacial score (nSPS) is 14.3. The molecule has 1 aliphatic heterocycles. The maximum absolute atomic E-state index is 12.5. The number of benzene rings is 2. The number of carbonyl (C=O) groups excluding carboxylic acids is 1. The number of aryl methyl sites for hydroxylation is 1. The highest BCUT2D eigenvalue weighted by atomic mass is 32.1. The first-order valence-corrected chi connectivity index (χ1v) is 9.07. The van der Waals surface area contributed by atoms with Crippen molar-refractivity contribution in [2.24, 2.45) is 0 Å². The maximum atomic E-state index is 12.5. The van der Waals surface area contributed by atoms with Gasteiger partial charge in [0.25, 0.3) is 5.91 Å². The van der Waals surface area contributed by atoms with Gasteiger partial charge >= 0.3 is 0 Å². The molecule has 5 heteroatoms. The number of piperazine rings is 1. The van der Waals surface area contributed by atoms with Crippen molar-refractivity contribution in [3.63, 3.8) is 0 Å². The molecular formula is C20H23N3OS. The molecule has 0 aromatic heterocycles. The molecule has 0 aliphatic carbocycles. The zero-order valence-electron chi connectivity index (χ0n) is 14.4. The SMILES string of the molecule is CCc1cccc(NC(=S)N2CCN(C(=O)c3ccccc3)CC2)c1. The van der Waals surface area contributed by atoms with Crippen LogP contribution in [-0.2, 0) is 6.42 Å². The molecule has 1 aliphatic rings. The molecule has 1 heterocycles. The fourth-order valence-corrected chi connectivity index (χ4v) is 3.25. The summed E-state index contributed by atoms with van der Waals surface area (Å²) >= 11 is 5.54. The highest BCUT2D eigenvalue weighted by Crippen LogP contribution is 2.14. The third-order valence-corrected chi connectivity index (χ3v) is 4.82. The van der Waals surface area contributed by atoms with Crippen LogP contribution in [-0.4, -0.2) is 47.0 Å². The molecule has 0 radical (unpaired) electrons. The molecule has 4 nitrogen and oxygen atoms in total. The Morgan fingerprint density at radius 3 is 2.36 bits per heavy atom. The minimum absolute atomic E-state index is 0.0924. The average molecular weight is 353 g/mol. The summed E-state index contributed by atoms with van der Waals surface area (Å²) in [4.78, 5) is 16.5. The van der Waals surface area contributed by atoms with E-state index in [9.17, 15) is 4.79 Å². The number of hydrogen-bond donors (Lipinski definition) is 1. The lowest BCUT2D eigenvalue weighted by Gasteiger charge is -2.36. The number of rotatable bonds is 3. The van der Waals surface area contributed by atoms with Crippen LogP contribution in [0.2, 0.25) is 0 Å². The molecule has 3 rings (SSSR count). The minimum atomic E-state index is 0.0924. The number of hydrogen-bond acceptors (Lipinski definition) is 2. The second kappa shape index (κ2) is 8.12. The lowest BCUT2D eigenvalue weighted by atomic mass is 10.1. The largest absolute Gasteiger partial charge is 0.345 e. The van der Waals surface area contributed by atoms with E-state index in [4.69, 9.17) is 12.2 Å². The van der Waals surface area contributed by atoms with Crippen LogP contribution in [0.1, 0.15) is 22.8 Å². The van der Waals surface area contributed by atoms with Gasteiger partial charge in [0.05, 0.1) is 0 Å². The van der Waals surface area contributed by atoms with Crippen LogP contribution in [0.3, 0.4) is 0 Å². The quantitative estimate of drug-likeness (QED) is 0.858. The second-order valence-corrected chi connectivity index (χ2v) is 6.52. The summed E-state index contributed by atoms with van der Waals surface area (Å²) in [5.41, 5.74) is 3.05. The summed E-state index contributed by atoms with van der Waals surface area (Å²) in [7, 11) is 0. The fraction of sp³-hybridized carbons (Fsp3) is 0.300. The molecule has 2 aromatic rings. The molecule has 1 amide bonds. The molecule has 0 spiro atoms. The summed E-state index contributed by atoms with van der Waals surface area (Å²) in [5.74, 6) is 0.0924. The number of thiocarbonyl (C=S) groups is 1. The molecule has 0 saturated carbocycles. The maximum Gasteiger partial charge on any atom is 0.253 e. The van der Waals surface area contributed by atoms with Gasteiger partial charge in [-0.1, -0.05) is 37.3 Å². The molecule has 25 heavy (non-hydrogen) atoms. The van der Waals surface area contributed by atoms with Crippen LogP contribution in [0.5, 0.6) is 0 Å². The van der Waals surface area contributed by atoms with Crippen LogP contribution in [0.25, 0.3) is 0 Å². The monoisotopic (exact) mass is 353 g/mol. The van der Waals surface area contributed by atoms with Crippen molar-refractivity contribution >= 4 is 28.9 Å². The van der Waals surface area contributed by atoms with E-state index in [2.05, 4.69) is 29.3 Å². The molecule has 1 N–H and O–H groups in total. The van der Waals surface area contributed by atoms with Gasteiger partial charge in [-0.2, -0.15) is 0 Å². The van der Waals surface area contributed by atoms with Gasteiger partial charge in [0.1, 0.15) is 0 Å². The highest BCUT2D eigenvalue weighted by Gasteiger charge is 2.23. The first kappa shape index (κ1) is 17.4. The summed E-state index contributed by atoms with van der Waals surface area (Å²) in [6.45, 7) is 5.01. The van der Waals surface area contributed by atoms with Crippen molar-refractivity contribution in [3.05, 3.63) is 65.7 Å². The van der Waals surface area contributed by atoms with E-state index < -0.39 is 0 Å². The van der Waals surface area contributed by atoms with Crippen molar-refractivity contribution in [1.29, 1.82) is 0 Å². The third-order valence-electron chi connectivity index (χ3n) is 4.46. The van der Waals surface area contributed by atoms with Crippen LogP contribution >= 0.6 is 12.2 Å². The minimum Gasteiger partial charge on any atom is -0.345 e. The Morgan fingerprint density at radius 2 is 1.68 bits per heavy atom. The van der Waals surface area contributed by atoms with E-state index in [1.54, 1.807) is 0 Å². The Bertz CT molecular complexity index is 740. The van der Waals surface area contributed by atoms with E-state index in [1.807, 2.05) is 47.4 Å². The van der Waals surface area contributed by atoms with Crippen molar-refractivity contribution in [1.82, 2.24) is 9.80 Å². The summed E-state index contributed by atoms with van der Waals surface area (Å²) in [5, 5.41) is 4.04. The van der Waals surface area contributed by atoms with E-state index in [0.717, 1.165) is 35.9 Å². The van der Waals surface area contributed by atoms with E-state index in [1.165, 1.54) is 5.56 Å². The van der Waals surface area contributed by atoms with Crippen molar-refractivity contribution in [3.8, 4) is 0 Å². The van der Waals surface area contributed by atoms with Gasteiger partial charge in [0.15, 0.2) is 5.11 Å². The lowest BCUT2D eigenvalue weighted by molar-refractivity contribution is 0.0693. The van der Waals surface area contributed by atoms with Crippen LogP contribution in [0, 0.1) is 0 Å². The standard InChI is InChI=1S/C20H23N3OS/c1-2-16-7-6-10-18(15-16)21-20(25)23-13-11-22(12-14-23)19(24)17-8-4-3-5-9-17/h3-10,15H,2,11-14H2,1H3,(H,21,25). The number of amides is 1. The molecule has 1 saturated heterocycles. The van der Waals surface area contributed by atoms with Crippen LogP contribution < -0.4 is 5.32 Å². The van der Waals surface area contributed by atoms with Crippen molar-refractivity contribution in [2.45, 2.75) is 13.3 Å². The molecular weight excluding hydrogens is 330 g/mol. The highest BCUT2D eigenvalue weighted by molar-refractivity contribution is 7.80. The van der Waals surface area contributed by atoms with E-state index in [0.29, 0.717) is 13.1 Å². The molecule has 0 bridgehead atoms. The number of nitrogens with zero attached hydrogens (tertiary/aromatic N) is 2. The predicted molar refractivity (Wildman–Crippen MR) is 106 cm³/mol. The van der Waals surface area contributed by atoms with Gasteiger partial charge in [-0.05, 0) is 48.5 Å². The molecule has 2 aromatic carbocycles.